The zero-order chi connectivity index (χ0) is 17.0. The van der Waals surface area contributed by atoms with Crippen LogP contribution < -0.4 is 5.32 Å². The molecule has 23 heavy (non-hydrogen) atoms. The van der Waals surface area contributed by atoms with Gasteiger partial charge in [0.1, 0.15) is 0 Å². The minimum atomic E-state index is -0.532. The molecule has 0 heterocycles. The molecular formula is C17H22N2O4. The van der Waals surface area contributed by atoms with Gasteiger partial charge in [0, 0.05) is 13.1 Å². The Balaban J connectivity index is 1.81. The zero-order valence-electron chi connectivity index (χ0n) is 13.7. The molecule has 0 spiro atoms. The molecule has 6 nitrogen and oxygen atoms in total. The second kappa shape index (κ2) is 7.26. The van der Waals surface area contributed by atoms with Gasteiger partial charge in [0.2, 0.25) is 5.91 Å². The van der Waals surface area contributed by atoms with E-state index in [9.17, 15) is 14.4 Å². The summed E-state index contributed by atoms with van der Waals surface area (Å²) in [6, 6.07) is 5.73. The highest BCUT2D eigenvalue weighted by Gasteiger charge is 2.24. The number of likely N-dealkylation sites (N-methyl/N-ethyl adjacent to an activating group) is 1. The standard InChI is InChI=1S/C17H22N2O4/c1-11-4-5-12(2)14(8-11)17(22)23-10-16(21)19(3)9-15(20)18-13-6-7-13/h4-5,8,13H,6-7,9-10H2,1-3H3,(H,18,20). The summed E-state index contributed by atoms with van der Waals surface area (Å²) in [4.78, 5) is 36.9. The molecule has 1 aromatic carbocycles. The van der Waals surface area contributed by atoms with E-state index in [0.29, 0.717) is 5.56 Å². The number of ether oxygens (including phenoxy) is 1. The molecule has 0 atom stereocenters. The summed E-state index contributed by atoms with van der Waals surface area (Å²) >= 11 is 0. The molecule has 0 bridgehead atoms. The third-order valence-electron chi connectivity index (χ3n) is 3.69. The van der Waals surface area contributed by atoms with Crippen LogP contribution in [0, 0.1) is 13.8 Å². The Morgan fingerprint density at radius 2 is 1.96 bits per heavy atom. The van der Waals surface area contributed by atoms with Gasteiger partial charge in [0.05, 0.1) is 12.1 Å². The van der Waals surface area contributed by atoms with Crippen molar-refractivity contribution in [3.8, 4) is 0 Å². The number of aryl methyl sites for hydroxylation is 2. The highest BCUT2D eigenvalue weighted by atomic mass is 16.5. The lowest BCUT2D eigenvalue weighted by Gasteiger charge is -2.17. The second-order valence-corrected chi connectivity index (χ2v) is 5.99. The van der Waals surface area contributed by atoms with E-state index in [0.717, 1.165) is 24.0 Å². The first-order chi connectivity index (χ1) is 10.9. The summed E-state index contributed by atoms with van der Waals surface area (Å²) in [7, 11) is 1.51. The van der Waals surface area contributed by atoms with E-state index in [4.69, 9.17) is 4.74 Å². The number of hydrogen-bond acceptors (Lipinski definition) is 4. The number of nitrogens with one attached hydrogen (secondary N) is 1. The van der Waals surface area contributed by atoms with E-state index >= 15 is 0 Å². The lowest BCUT2D eigenvalue weighted by atomic mass is 10.1. The van der Waals surface area contributed by atoms with Crippen LogP contribution in [-0.2, 0) is 14.3 Å². The van der Waals surface area contributed by atoms with Crippen molar-refractivity contribution in [3.05, 3.63) is 34.9 Å². The average molecular weight is 318 g/mol. The van der Waals surface area contributed by atoms with Gasteiger partial charge in [-0.1, -0.05) is 17.7 Å². The quantitative estimate of drug-likeness (QED) is 0.800. The predicted molar refractivity (Wildman–Crippen MR) is 85.0 cm³/mol. The molecule has 1 aliphatic carbocycles. The maximum Gasteiger partial charge on any atom is 0.338 e. The highest BCUT2D eigenvalue weighted by Crippen LogP contribution is 2.18. The number of carbonyl (C=O) groups excluding carboxylic acids is 3. The van der Waals surface area contributed by atoms with Crippen molar-refractivity contribution >= 4 is 17.8 Å². The van der Waals surface area contributed by atoms with Crippen molar-refractivity contribution < 1.29 is 19.1 Å². The zero-order valence-corrected chi connectivity index (χ0v) is 13.7. The van der Waals surface area contributed by atoms with Gasteiger partial charge in [-0.05, 0) is 38.3 Å². The fourth-order valence-electron chi connectivity index (χ4n) is 2.08. The van der Waals surface area contributed by atoms with Crippen LogP contribution in [0.3, 0.4) is 0 Å². The third kappa shape index (κ3) is 5.09. The molecule has 124 valence electrons. The maximum absolute atomic E-state index is 12.0. The fraction of sp³-hybridized carbons (Fsp3) is 0.471. The van der Waals surface area contributed by atoms with Gasteiger partial charge < -0.3 is 15.0 Å². The largest absolute Gasteiger partial charge is 0.452 e. The molecule has 1 N–H and O–H groups in total. The Kier molecular flexibility index (Phi) is 5.36. The summed E-state index contributed by atoms with van der Waals surface area (Å²) in [5, 5.41) is 2.80. The Hall–Kier alpha value is -2.37. The lowest BCUT2D eigenvalue weighted by molar-refractivity contribution is -0.137. The summed E-state index contributed by atoms with van der Waals surface area (Å²) < 4.78 is 5.06. The SMILES string of the molecule is Cc1ccc(C)c(C(=O)OCC(=O)N(C)CC(=O)NC2CC2)c1. The van der Waals surface area contributed by atoms with Crippen LogP contribution in [-0.4, -0.2) is 48.9 Å². The van der Waals surface area contributed by atoms with Gasteiger partial charge in [-0.2, -0.15) is 0 Å². The normalized spacial score (nSPS) is 13.3. The molecule has 1 fully saturated rings. The van der Waals surface area contributed by atoms with Crippen LogP contribution in [0.15, 0.2) is 18.2 Å². The van der Waals surface area contributed by atoms with Crippen LogP contribution in [0.25, 0.3) is 0 Å². The van der Waals surface area contributed by atoms with Crippen LogP contribution >= 0.6 is 0 Å². The van der Waals surface area contributed by atoms with Crippen molar-refractivity contribution in [2.24, 2.45) is 0 Å². The van der Waals surface area contributed by atoms with Crippen molar-refractivity contribution in [2.75, 3.05) is 20.2 Å². The van der Waals surface area contributed by atoms with E-state index in [1.165, 1.54) is 11.9 Å². The van der Waals surface area contributed by atoms with E-state index in [1.807, 2.05) is 26.0 Å². The number of nitrogens with zero attached hydrogens (tertiary/aromatic N) is 1. The topological polar surface area (TPSA) is 75.7 Å². The average Bonchev–Trinajstić information content (AvgIpc) is 3.30. The first kappa shape index (κ1) is 17.0. The molecule has 2 amide bonds. The van der Waals surface area contributed by atoms with Crippen molar-refractivity contribution in [1.29, 1.82) is 0 Å². The highest BCUT2D eigenvalue weighted by molar-refractivity contribution is 5.93. The van der Waals surface area contributed by atoms with Gasteiger partial charge in [-0.25, -0.2) is 4.79 Å². The molecule has 0 saturated heterocycles. The van der Waals surface area contributed by atoms with Crippen LogP contribution in [0.1, 0.15) is 34.3 Å². The molecule has 1 aromatic rings. The molecule has 0 radical (unpaired) electrons. The smallest absolute Gasteiger partial charge is 0.338 e. The Morgan fingerprint density at radius 3 is 2.61 bits per heavy atom. The Morgan fingerprint density at radius 1 is 1.26 bits per heavy atom. The fourth-order valence-corrected chi connectivity index (χ4v) is 2.08. The summed E-state index contributed by atoms with van der Waals surface area (Å²) in [6.45, 7) is 3.29. The van der Waals surface area contributed by atoms with Crippen molar-refractivity contribution in [1.82, 2.24) is 10.2 Å². The van der Waals surface area contributed by atoms with Crippen LogP contribution in [0.2, 0.25) is 0 Å². The van der Waals surface area contributed by atoms with Gasteiger partial charge in [-0.15, -0.1) is 0 Å². The van der Waals surface area contributed by atoms with E-state index in [2.05, 4.69) is 5.32 Å². The molecule has 0 unspecified atom stereocenters. The number of esters is 1. The molecule has 1 aliphatic rings. The van der Waals surface area contributed by atoms with Gasteiger partial charge in [0.25, 0.3) is 5.91 Å². The van der Waals surface area contributed by atoms with E-state index in [-0.39, 0.29) is 25.1 Å². The van der Waals surface area contributed by atoms with Crippen LogP contribution in [0.5, 0.6) is 0 Å². The van der Waals surface area contributed by atoms with Crippen molar-refractivity contribution in [3.63, 3.8) is 0 Å². The molecule has 0 aromatic heterocycles. The number of carbonyl (C=O) groups is 3. The summed E-state index contributed by atoms with van der Waals surface area (Å²) in [5.74, 6) is -1.13. The van der Waals surface area contributed by atoms with Gasteiger partial charge >= 0.3 is 5.97 Å². The first-order valence-electron chi connectivity index (χ1n) is 7.64. The second-order valence-electron chi connectivity index (χ2n) is 5.99. The Bertz CT molecular complexity index is 623. The number of hydrogen-bond donors (Lipinski definition) is 1. The maximum atomic E-state index is 12.0. The van der Waals surface area contributed by atoms with E-state index < -0.39 is 11.9 Å². The monoisotopic (exact) mass is 318 g/mol. The molecule has 2 rings (SSSR count). The molecule has 1 saturated carbocycles. The summed E-state index contributed by atoms with van der Waals surface area (Å²) in [6.07, 6.45) is 1.99. The predicted octanol–water partition coefficient (Wildman–Crippen LogP) is 1.20. The minimum absolute atomic E-state index is 0.0314. The number of amides is 2. The van der Waals surface area contributed by atoms with Crippen LogP contribution in [0.4, 0.5) is 0 Å². The first-order valence-corrected chi connectivity index (χ1v) is 7.64. The Labute approximate surface area is 135 Å². The third-order valence-corrected chi connectivity index (χ3v) is 3.69. The minimum Gasteiger partial charge on any atom is -0.452 e. The molecule has 0 aliphatic heterocycles. The van der Waals surface area contributed by atoms with Gasteiger partial charge in [0.15, 0.2) is 6.61 Å². The molecule has 6 heteroatoms. The molecular weight excluding hydrogens is 296 g/mol. The number of benzene rings is 1. The summed E-state index contributed by atoms with van der Waals surface area (Å²) in [5.41, 5.74) is 2.19. The number of rotatable bonds is 6. The van der Waals surface area contributed by atoms with Crippen molar-refractivity contribution in [2.45, 2.75) is 32.7 Å². The van der Waals surface area contributed by atoms with E-state index in [1.54, 1.807) is 6.07 Å². The lowest BCUT2D eigenvalue weighted by Crippen LogP contribution is -2.40. The van der Waals surface area contributed by atoms with Gasteiger partial charge in [-0.3, -0.25) is 9.59 Å².